The molecule has 0 bridgehead atoms. The molecule has 1 aliphatic rings. The lowest BCUT2D eigenvalue weighted by molar-refractivity contribution is -0.148. The van der Waals surface area contributed by atoms with Gasteiger partial charge in [-0.15, -0.1) is 0 Å². The van der Waals surface area contributed by atoms with Crippen LogP contribution in [0.15, 0.2) is 18.2 Å². The third kappa shape index (κ3) is 3.21. The van der Waals surface area contributed by atoms with Crippen LogP contribution in [0, 0.1) is 0 Å². The first-order valence-electron chi connectivity index (χ1n) is 6.90. The second kappa shape index (κ2) is 6.86. The summed E-state index contributed by atoms with van der Waals surface area (Å²) in [5.41, 5.74) is 0.139. The second-order valence-corrected chi connectivity index (χ2v) is 6.15. The highest BCUT2D eigenvalue weighted by atomic mass is 35.5. The van der Waals surface area contributed by atoms with Crippen molar-refractivity contribution in [3.05, 3.63) is 33.8 Å². The standard InChI is InChI=1S/C15H17Cl2NO4/c1-22-12(13(19)20)8-18-14(21)15(5-2-6-15)9-3-4-10(16)11(17)7-9/h3-4,7,12H,2,5-6,8H2,1H3,(H,18,21)(H,19,20). The first-order valence-corrected chi connectivity index (χ1v) is 7.66. The predicted octanol–water partition coefficient (Wildman–Crippen LogP) is 2.63. The molecule has 1 atom stereocenters. The van der Waals surface area contributed by atoms with Gasteiger partial charge in [0.15, 0.2) is 6.10 Å². The number of amides is 1. The average Bonchev–Trinajstić information content (AvgIpc) is 2.41. The molecule has 2 rings (SSSR count). The lowest BCUT2D eigenvalue weighted by Crippen LogP contribution is -2.51. The highest BCUT2D eigenvalue weighted by Crippen LogP contribution is 2.45. The molecule has 5 nitrogen and oxygen atoms in total. The third-order valence-corrected chi connectivity index (χ3v) is 4.86. The molecule has 1 unspecified atom stereocenters. The van der Waals surface area contributed by atoms with Gasteiger partial charge < -0.3 is 15.2 Å². The summed E-state index contributed by atoms with van der Waals surface area (Å²) in [7, 11) is 1.29. The van der Waals surface area contributed by atoms with Crippen molar-refractivity contribution in [1.29, 1.82) is 0 Å². The van der Waals surface area contributed by atoms with Crippen molar-refractivity contribution in [1.82, 2.24) is 5.32 Å². The second-order valence-electron chi connectivity index (χ2n) is 5.34. The largest absolute Gasteiger partial charge is 0.479 e. The lowest BCUT2D eigenvalue weighted by Gasteiger charge is -2.41. The van der Waals surface area contributed by atoms with E-state index < -0.39 is 17.5 Å². The van der Waals surface area contributed by atoms with E-state index in [0.717, 1.165) is 12.0 Å². The van der Waals surface area contributed by atoms with Gasteiger partial charge in [0.2, 0.25) is 5.91 Å². The normalized spacial score (nSPS) is 17.4. The molecule has 120 valence electrons. The van der Waals surface area contributed by atoms with Gasteiger partial charge in [0.05, 0.1) is 22.0 Å². The third-order valence-electron chi connectivity index (χ3n) is 4.12. The maximum absolute atomic E-state index is 12.6. The zero-order chi connectivity index (χ0) is 16.3. The number of ether oxygens (including phenoxy) is 1. The van der Waals surface area contributed by atoms with Gasteiger partial charge in [-0.2, -0.15) is 0 Å². The minimum atomic E-state index is -1.11. The first kappa shape index (κ1) is 17.1. The van der Waals surface area contributed by atoms with Crippen molar-refractivity contribution in [2.24, 2.45) is 0 Å². The monoisotopic (exact) mass is 345 g/mol. The summed E-state index contributed by atoms with van der Waals surface area (Å²) >= 11 is 11.9. The van der Waals surface area contributed by atoms with Gasteiger partial charge in [-0.1, -0.05) is 35.7 Å². The Labute approximate surface area is 138 Å². The van der Waals surface area contributed by atoms with Crippen LogP contribution in [0.5, 0.6) is 0 Å². The molecule has 2 N–H and O–H groups in total. The topological polar surface area (TPSA) is 75.6 Å². The zero-order valence-corrected chi connectivity index (χ0v) is 13.6. The lowest BCUT2D eigenvalue weighted by atomic mass is 9.64. The number of benzene rings is 1. The average molecular weight is 346 g/mol. The van der Waals surface area contributed by atoms with E-state index in [1.165, 1.54) is 7.11 Å². The molecule has 1 saturated carbocycles. The Morgan fingerprint density at radius 1 is 1.36 bits per heavy atom. The molecule has 7 heteroatoms. The van der Waals surface area contributed by atoms with Crippen molar-refractivity contribution >= 4 is 35.1 Å². The van der Waals surface area contributed by atoms with Gasteiger partial charge in [0, 0.05) is 7.11 Å². The molecule has 0 aromatic heterocycles. The summed E-state index contributed by atoms with van der Waals surface area (Å²) in [5, 5.41) is 12.4. The molecule has 0 saturated heterocycles. The Kier molecular flexibility index (Phi) is 5.32. The van der Waals surface area contributed by atoms with Gasteiger partial charge in [0.1, 0.15) is 0 Å². The Balaban J connectivity index is 2.14. The molecule has 22 heavy (non-hydrogen) atoms. The van der Waals surface area contributed by atoms with Gasteiger partial charge in [-0.25, -0.2) is 4.79 Å². The molecule has 0 spiro atoms. The molecule has 0 aliphatic heterocycles. The zero-order valence-electron chi connectivity index (χ0n) is 12.1. The minimum absolute atomic E-state index is 0.0757. The van der Waals surface area contributed by atoms with Gasteiger partial charge in [-0.05, 0) is 30.5 Å². The number of nitrogens with one attached hydrogen (secondary N) is 1. The summed E-state index contributed by atoms with van der Waals surface area (Å²) in [6, 6.07) is 5.16. The van der Waals surface area contributed by atoms with E-state index in [-0.39, 0.29) is 12.5 Å². The molecule has 1 aromatic rings. The van der Waals surface area contributed by atoms with Crippen molar-refractivity contribution in [3.63, 3.8) is 0 Å². The quantitative estimate of drug-likeness (QED) is 0.830. The van der Waals surface area contributed by atoms with Crippen LogP contribution >= 0.6 is 23.2 Å². The molecule has 0 radical (unpaired) electrons. The maximum Gasteiger partial charge on any atom is 0.334 e. The number of carboxylic acids is 1. The number of halogens is 2. The summed E-state index contributed by atoms with van der Waals surface area (Å²) < 4.78 is 4.81. The van der Waals surface area contributed by atoms with E-state index in [1.54, 1.807) is 18.2 Å². The Morgan fingerprint density at radius 2 is 2.05 bits per heavy atom. The summed E-state index contributed by atoms with van der Waals surface area (Å²) in [4.78, 5) is 23.5. The predicted molar refractivity (Wildman–Crippen MR) is 83.4 cm³/mol. The van der Waals surface area contributed by atoms with Gasteiger partial charge in [0.25, 0.3) is 0 Å². The molecule has 1 aromatic carbocycles. The molecule has 1 amide bonds. The fourth-order valence-corrected chi connectivity index (χ4v) is 2.90. The Hall–Kier alpha value is -1.30. The number of rotatable bonds is 6. The Bertz CT molecular complexity index is 587. The highest BCUT2D eigenvalue weighted by molar-refractivity contribution is 6.42. The smallest absolute Gasteiger partial charge is 0.334 e. The molecule has 1 aliphatic carbocycles. The van der Waals surface area contributed by atoms with Crippen LogP contribution in [0.4, 0.5) is 0 Å². The number of carbonyl (C=O) groups excluding carboxylic acids is 1. The first-order chi connectivity index (χ1) is 10.4. The van der Waals surface area contributed by atoms with Crippen molar-refractivity contribution in [3.8, 4) is 0 Å². The van der Waals surface area contributed by atoms with Gasteiger partial charge >= 0.3 is 5.97 Å². The minimum Gasteiger partial charge on any atom is -0.479 e. The SMILES string of the molecule is COC(CNC(=O)C1(c2ccc(Cl)c(Cl)c2)CCC1)C(=O)O. The van der Waals surface area contributed by atoms with Crippen LogP contribution in [0.1, 0.15) is 24.8 Å². The number of methoxy groups -OCH3 is 1. The van der Waals surface area contributed by atoms with E-state index in [9.17, 15) is 9.59 Å². The molecule has 1 fully saturated rings. The molecular formula is C15H17Cl2NO4. The highest BCUT2D eigenvalue weighted by Gasteiger charge is 2.45. The van der Waals surface area contributed by atoms with E-state index in [4.69, 9.17) is 33.0 Å². The van der Waals surface area contributed by atoms with Crippen LogP contribution in [0.2, 0.25) is 10.0 Å². The van der Waals surface area contributed by atoms with E-state index in [0.29, 0.717) is 22.9 Å². The van der Waals surface area contributed by atoms with Crippen LogP contribution in [0.3, 0.4) is 0 Å². The summed E-state index contributed by atoms with van der Waals surface area (Å²) in [5.74, 6) is -1.32. The fraction of sp³-hybridized carbons (Fsp3) is 0.467. The number of carboxylic acid groups (broad SMARTS) is 1. The Morgan fingerprint density at radius 3 is 2.50 bits per heavy atom. The number of hydrogen-bond donors (Lipinski definition) is 2. The van der Waals surface area contributed by atoms with Crippen LogP contribution in [-0.2, 0) is 19.7 Å². The van der Waals surface area contributed by atoms with Crippen molar-refractivity contribution in [2.75, 3.05) is 13.7 Å². The maximum atomic E-state index is 12.6. The summed E-state index contributed by atoms with van der Waals surface area (Å²) in [6.07, 6.45) is 1.26. The molecular weight excluding hydrogens is 329 g/mol. The van der Waals surface area contributed by atoms with Crippen molar-refractivity contribution in [2.45, 2.75) is 30.8 Å². The van der Waals surface area contributed by atoms with E-state index in [2.05, 4.69) is 5.32 Å². The fourth-order valence-electron chi connectivity index (χ4n) is 2.60. The number of aliphatic carboxylic acids is 1. The van der Waals surface area contributed by atoms with Crippen LogP contribution in [-0.4, -0.2) is 36.7 Å². The molecule has 0 heterocycles. The van der Waals surface area contributed by atoms with Crippen LogP contribution < -0.4 is 5.32 Å². The summed E-state index contributed by atoms with van der Waals surface area (Å²) in [6.45, 7) is -0.0757. The van der Waals surface area contributed by atoms with E-state index >= 15 is 0 Å². The van der Waals surface area contributed by atoms with E-state index in [1.807, 2.05) is 0 Å². The number of carbonyl (C=O) groups is 2. The van der Waals surface area contributed by atoms with Gasteiger partial charge in [-0.3, -0.25) is 4.79 Å². The van der Waals surface area contributed by atoms with Crippen molar-refractivity contribution < 1.29 is 19.4 Å². The number of hydrogen-bond acceptors (Lipinski definition) is 3. The van der Waals surface area contributed by atoms with Crippen LogP contribution in [0.25, 0.3) is 0 Å².